The summed E-state index contributed by atoms with van der Waals surface area (Å²) < 4.78 is 0.601. The molecule has 0 aromatic carbocycles. The summed E-state index contributed by atoms with van der Waals surface area (Å²) in [7, 11) is 1.73. The van der Waals surface area contributed by atoms with Crippen LogP contribution in [0.4, 0.5) is 5.82 Å². The van der Waals surface area contributed by atoms with Crippen LogP contribution >= 0.6 is 15.9 Å². The van der Waals surface area contributed by atoms with Gasteiger partial charge in [0.25, 0.3) is 0 Å². The number of carboxylic acid groups (broad SMARTS) is 1. The Kier molecular flexibility index (Phi) is 3.51. The first-order chi connectivity index (χ1) is 8.49. The highest BCUT2D eigenvalue weighted by atomic mass is 79.9. The van der Waals surface area contributed by atoms with Gasteiger partial charge in [-0.3, -0.25) is 4.79 Å². The van der Waals surface area contributed by atoms with Crippen molar-refractivity contribution in [1.29, 1.82) is 0 Å². The smallest absolute Gasteiger partial charge is 0.339 e. The Bertz CT molecular complexity index is 506. The molecule has 6 nitrogen and oxygen atoms in total. The van der Waals surface area contributed by atoms with Crippen LogP contribution in [-0.2, 0) is 4.79 Å². The van der Waals surface area contributed by atoms with Crippen molar-refractivity contribution in [3.63, 3.8) is 0 Å². The van der Waals surface area contributed by atoms with E-state index >= 15 is 0 Å². The summed E-state index contributed by atoms with van der Waals surface area (Å²) in [5.41, 5.74) is 0.0988. The lowest BCUT2D eigenvalue weighted by molar-refractivity contribution is -0.129. The molecule has 1 saturated heterocycles. The number of amides is 1. The van der Waals surface area contributed by atoms with Crippen LogP contribution in [0.5, 0.6) is 0 Å². The van der Waals surface area contributed by atoms with Gasteiger partial charge < -0.3 is 14.9 Å². The van der Waals surface area contributed by atoms with Crippen molar-refractivity contribution < 1.29 is 14.7 Å². The summed E-state index contributed by atoms with van der Waals surface area (Å²) in [6.07, 6.45) is 1.53. The van der Waals surface area contributed by atoms with Gasteiger partial charge in [-0.2, -0.15) is 0 Å². The number of rotatable bonds is 2. The number of likely N-dealkylation sites (N-methyl/N-ethyl adjacent to an activating group) is 1. The van der Waals surface area contributed by atoms with Gasteiger partial charge in [0.05, 0.1) is 6.54 Å². The number of hydrogen-bond donors (Lipinski definition) is 1. The minimum absolute atomic E-state index is 0.0395. The lowest BCUT2D eigenvalue weighted by Crippen LogP contribution is -2.49. The van der Waals surface area contributed by atoms with E-state index in [1.54, 1.807) is 16.8 Å². The average Bonchev–Trinajstić information content (AvgIpc) is 2.32. The number of carbonyl (C=O) groups excluding carboxylic acids is 1. The van der Waals surface area contributed by atoms with Crippen LogP contribution in [0, 0.1) is 0 Å². The van der Waals surface area contributed by atoms with Gasteiger partial charge in [-0.25, -0.2) is 9.78 Å². The van der Waals surface area contributed by atoms with E-state index in [0.717, 1.165) is 0 Å². The van der Waals surface area contributed by atoms with E-state index in [0.29, 0.717) is 23.4 Å². The molecule has 1 amide bonds. The molecule has 1 aliphatic heterocycles. The minimum Gasteiger partial charge on any atom is -0.478 e. The zero-order valence-electron chi connectivity index (χ0n) is 9.76. The zero-order chi connectivity index (χ0) is 13.3. The van der Waals surface area contributed by atoms with Gasteiger partial charge in [-0.15, -0.1) is 0 Å². The molecule has 1 aromatic heterocycles. The van der Waals surface area contributed by atoms with Gasteiger partial charge in [0.15, 0.2) is 0 Å². The van der Waals surface area contributed by atoms with Crippen LogP contribution in [0.15, 0.2) is 16.7 Å². The van der Waals surface area contributed by atoms with Gasteiger partial charge >= 0.3 is 5.97 Å². The lowest BCUT2D eigenvalue weighted by Gasteiger charge is -2.33. The van der Waals surface area contributed by atoms with E-state index < -0.39 is 5.97 Å². The Labute approximate surface area is 112 Å². The van der Waals surface area contributed by atoms with Crippen molar-refractivity contribution in [2.24, 2.45) is 0 Å². The predicted octanol–water partition coefficient (Wildman–Crippen LogP) is 0.821. The zero-order valence-corrected chi connectivity index (χ0v) is 11.3. The molecule has 2 heterocycles. The Balaban J connectivity index is 2.33. The molecule has 0 radical (unpaired) electrons. The monoisotopic (exact) mass is 313 g/mol. The molecule has 0 atom stereocenters. The summed E-state index contributed by atoms with van der Waals surface area (Å²) in [5.74, 6) is -0.750. The third kappa shape index (κ3) is 2.45. The fourth-order valence-electron chi connectivity index (χ4n) is 1.78. The third-order valence-corrected chi connectivity index (χ3v) is 3.25. The van der Waals surface area contributed by atoms with Crippen molar-refractivity contribution in [2.45, 2.75) is 0 Å². The van der Waals surface area contributed by atoms with Crippen LogP contribution in [0.2, 0.25) is 0 Å². The number of hydrogen-bond acceptors (Lipinski definition) is 4. The largest absolute Gasteiger partial charge is 0.478 e. The van der Waals surface area contributed by atoms with E-state index in [-0.39, 0.29) is 18.0 Å². The second kappa shape index (κ2) is 4.93. The van der Waals surface area contributed by atoms with Crippen molar-refractivity contribution in [3.05, 3.63) is 22.3 Å². The maximum Gasteiger partial charge on any atom is 0.339 e. The second-order valence-corrected chi connectivity index (χ2v) is 4.98. The van der Waals surface area contributed by atoms with Crippen LogP contribution in [-0.4, -0.2) is 53.5 Å². The topological polar surface area (TPSA) is 73.7 Å². The van der Waals surface area contributed by atoms with Crippen molar-refractivity contribution in [1.82, 2.24) is 9.88 Å². The number of piperazine rings is 1. The van der Waals surface area contributed by atoms with Gasteiger partial charge in [0, 0.05) is 30.8 Å². The second-order valence-electron chi connectivity index (χ2n) is 4.07. The number of anilines is 1. The highest BCUT2D eigenvalue weighted by Gasteiger charge is 2.25. The normalized spacial score (nSPS) is 16.0. The molecule has 7 heteroatoms. The molecule has 0 aliphatic carbocycles. The number of halogens is 1. The first-order valence-corrected chi connectivity index (χ1v) is 6.16. The highest BCUT2D eigenvalue weighted by Crippen LogP contribution is 2.22. The van der Waals surface area contributed by atoms with Crippen molar-refractivity contribution in [2.75, 3.05) is 31.6 Å². The van der Waals surface area contributed by atoms with Crippen LogP contribution in [0.3, 0.4) is 0 Å². The van der Waals surface area contributed by atoms with Crippen molar-refractivity contribution in [3.8, 4) is 0 Å². The predicted molar refractivity (Wildman–Crippen MR) is 68.7 cm³/mol. The first kappa shape index (κ1) is 12.8. The molecule has 1 fully saturated rings. The molecule has 0 bridgehead atoms. The summed E-state index contributed by atoms with van der Waals surface area (Å²) in [4.78, 5) is 30.2. The number of aromatic nitrogens is 1. The number of carbonyl (C=O) groups is 2. The van der Waals surface area contributed by atoms with E-state index in [1.807, 2.05) is 0 Å². The molecular weight excluding hydrogens is 302 g/mol. The molecule has 0 unspecified atom stereocenters. The quantitative estimate of drug-likeness (QED) is 0.875. The van der Waals surface area contributed by atoms with E-state index in [9.17, 15) is 9.59 Å². The molecule has 96 valence electrons. The Hall–Kier alpha value is -1.63. The molecule has 1 aromatic rings. The van der Waals surface area contributed by atoms with Crippen LogP contribution in [0.25, 0.3) is 0 Å². The standard InChI is InChI=1S/C11H12BrN3O3/c1-14-2-3-15(6-9(14)16)10-8(11(17)18)4-7(12)5-13-10/h4-5H,2-3,6H2,1H3,(H,17,18). The highest BCUT2D eigenvalue weighted by molar-refractivity contribution is 9.10. The first-order valence-electron chi connectivity index (χ1n) is 5.37. The summed E-state index contributed by atoms with van der Waals surface area (Å²) in [6, 6.07) is 1.49. The average molecular weight is 314 g/mol. The molecule has 0 saturated carbocycles. The molecule has 18 heavy (non-hydrogen) atoms. The summed E-state index contributed by atoms with van der Waals surface area (Å²) in [6.45, 7) is 1.30. The molecule has 2 rings (SSSR count). The fraction of sp³-hybridized carbons (Fsp3) is 0.364. The van der Waals surface area contributed by atoms with E-state index in [2.05, 4.69) is 20.9 Å². The Morgan fingerprint density at radius 1 is 1.50 bits per heavy atom. The SMILES string of the molecule is CN1CCN(c2ncc(Br)cc2C(=O)O)CC1=O. The van der Waals surface area contributed by atoms with Gasteiger partial charge in [0.2, 0.25) is 5.91 Å². The van der Waals surface area contributed by atoms with E-state index in [4.69, 9.17) is 5.11 Å². The van der Waals surface area contributed by atoms with Gasteiger partial charge in [-0.1, -0.05) is 0 Å². The summed E-state index contributed by atoms with van der Waals surface area (Å²) in [5, 5.41) is 9.16. The number of pyridine rings is 1. The number of aromatic carboxylic acids is 1. The maximum atomic E-state index is 11.6. The van der Waals surface area contributed by atoms with Crippen LogP contribution < -0.4 is 4.90 Å². The van der Waals surface area contributed by atoms with E-state index in [1.165, 1.54) is 12.3 Å². The van der Waals surface area contributed by atoms with Crippen LogP contribution in [0.1, 0.15) is 10.4 Å². The molecule has 0 spiro atoms. The number of nitrogens with zero attached hydrogens (tertiary/aromatic N) is 3. The molecule has 1 aliphatic rings. The summed E-state index contributed by atoms with van der Waals surface area (Å²) >= 11 is 3.19. The van der Waals surface area contributed by atoms with Gasteiger partial charge in [0.1, 0.15) is 11.4 Å². The molecular formula is C11H12BrN3O3. The minimum atomic E-state index is -1.05. The Morgan fingerprint density at radius 2 is 2.22 bits per heavy atom. The Morgan fingerprint density at radius 3 is 2.83 bits per heavy atom. The molecule has 1 N–H and O–H groups in total. The third-order valence-electron chi connectivity index (χ3n) is 2.82. The maximum absolute atomic E-state index is 11.6. The lowest BCUT2D eigenvalue weighted by atomic mass is 10.2. The number of carboxylic acids is 1. The van der Waals surface area contributed by atoms with Gasteiger partial charge in [-0.05, 0) is 22.0 Å². The van der Waals surface area contributed by atoms with Crippen molar-refractivity contribution >= 4 is 33.6 Å². The fourth-order valence-corrected chi connectivity index (χ4v) is 2.11.